The van der Waals surface area contributed by atoms with Gasteiger partial charge in [0.1, 0.15) is 11.3 Å². The second-order valence-electron chi connectivity index (χ2n) is 8.06. The van der Waals surface area contributed by atoms with Crippen molar-refractivity contribution >= 4 is 27.6 Å². The fourth-order valence-corrected chi connectivity index (χ4v) is 5.22. The smallest absolute Gasteiger partial charge is 0.325 e. The Morgan fingerprint density at radius 1 is 1.06 bits per heavy atom. The van der Waals surface area contributed by atoms with Crippen LogP contribution >= 0.6 is 0 Å². The molecule has 1 aliphatic heterocycles. The number of urea groups is 1. The lowest BCUT2D eigenvalue weighted by atomic mass is 10.1. The molecular formula is C22H27N3O5S. The Bertz CT molecular complexity index is 1110. The molecule has 0 spiro atoms. The first-order valence-electron chi connectivity index (χ1n) is 9.85. The van der Waals surface area contributed by atoms with Gasteiger partial charge < -0.3 is 10.1 Å². The van der Waals surface area contributed by atoms with Gasteiger partial charge in [0.2, 0.25) is 0 Å². The zero-order valence-electron chi connectivity index (χ0n) is 18.3. The molecule has 0 bridgehead atoms. The third-order valence-electron chi connectivity index (χ3n) is 5.24. The van der Waals surface area contributed by atoms with Gasteiger partial charge in [0.25, 0.3) is 15.9 Å². The predicted molar refractivity (Wildman–Crippen MR) is 118 cm³/mol. The van der Waals surface area contributed by atoms with E-state index < -0.39 is 27.5 Å². The lowest BCUT2D eigenvalue weighted by Crippen LogP contribution is -2.43. The highest BCUT2D eigenvalue weighted by Crippen LogP contribution is 2.28. The summed E-state index contributed by atoms with van der Waals surface area (Å²) in [5, 5.41) is 2.61. The number of anilines is 1. The number of benzene rings is 2. The molecule has 0 aromatic heterocycles. The van der Waals surface area contributed by atoms with Gasteiger partial charge in [-0.05, 0) is 69.2 Å². The first-order chi connectivity index (χ1) is 14.5. The Morgan fingerprint density at radius 2 is 1.71 bits per heavy atom. The Morgan fingerprint density at radius 3 is 2.26 bits per heavy atom. The highest BCUT2D eigenvalue weighted by molar-refractivity contribution is 7.92. The van der Waals surface area contributed by atoms with Gasteiger partial charge in [0.15, 0.2) is 0 Å². The van der Waals surface area contributed by atoms with E-state index >= 15 is 0 Å². The van der Waals surface area contributed by atoms with Crippen LogP contribution in [0.4, 0.5) is 10.5 Å². The number of amides is 3. The van der Waals surface area contributed by atoms with Crippen molar-refractivity contribution in [3.63, 3.8) is 0 Å². The van der Waals surface area contributed by atoms with Gasteiger partial charge in [-0.25, -0.2) is 13.2 Å². The molecule has 31 heavy (non-hydrogen) atoms. The summed E-state index contributed by atoms with van der Waals surface area (Å²) in [6, 6.07) is 11.3. The number of carbonyl (C=O) groups excluding carboxylic acids is 2. The van der Waals surface area contributed by atoms with E-state index in [4.69, 9.17) is 4.74 Å². The number of carbonyl (C=O) groups is 2. The molecule has 2 aromatic carbocycles. The predicted octanol–water partition coefficient (Wildman–Crippen LogP) is 2.84. The monoisotopic (exact) mass is 445 g/mol. The third-order valence-corrected chi connectivity index (χ3v) is 7.21. The zero-order chi connectivity index (χ0) is 23.0. The number of sulfonamides is 1. The molecule has 1 aliphatic rings. The fraction of sp³-hybridized carbons (Fsp3) is 0.364. The average Bonchev–Trinajstić information content (AvgIpc) is 2.91. The molecule has 0 atom stereocenters. The quantitative estimate of drug-likeness (QED) is 0.661. The van der Waals surface area contributed by atoms with E-state index in [1.165, 1.54) is 11.4 Å². The summed E-state index contributed by atoms with van der Waals surface area (Å²) in [6.45, 7) is 6.62. The molecule has 0 unspecified atom stereocenters. The van der Waals surface area contributed by atoms with E-state index in [0.29, 0.717) is 17.0 Å². The molecule has 0 aliphatic carbocycles. The number of nitrogens with zero attached hydrogens (tertiary/aromatic N) is 2. The van der Waals surface area contributed by atoms with E-state index in [1.54, 1.807) is 57.2 Å². The number of rotatable bonds is 7. The molecule has 1 fully saturated rings. The van der Waals surface area contributed by atoms with Crippen LogP contribution in [0.3, 0.4) is 0 Å². The molecule has 1 N–H and O–H groups in total. The van der Waals surface area contributed by atoms with Crippen LogP contribution in [0.25, 0.3) is 0 Å². The number of imide groups is 1. The van der Waals surface area contributed by atoms with Crippen LogP contribution in [0.1, 0.15) is 25.0 Å². The first-order valence-corrected chi connectivity index (χ1v) is 11.3. The van der Waals surface area contributed by atoms with Gasteiger partial charge in [0, 0.05) is 6.54 Å². The van der Waals surface area contributed by atoms with Crippen LogP contribution < -0.4 is 14.4 Å². The fourth-order valence-electron chi connectivity index (χ4n) is 3.45. The van der Waals surface area contributed by atoms with Crippen molar-refractivity contribution in [1.29, 1.82) is 0 Å². The summed E-state index contributed by atoms with van der Waals surface area (Å²) in [5.74, 6) is 0.194. The number of nitrogens with one attached hydrogen (secondary N) is 1. The maximum Gasteiger partial charge on any atom is 0.325 e. The van der Waals surface area contributed by atoms with Gasteiger partial charge in [-0.3, -0.25) is 14.0 Å². The number of hydrogen-bond donors (Lipinski definition) is 1. The third kappa shape index (κ3) is 4.36. The minimum absolute atomic E-state index is 0.0791. The number of methoxy groups -OCH3 is 1. The standard InChI is InChI=1S/C22H27N3O5S/c1-15-6-7-16(2)19(14-15)31(28,29)25(17-8-10-18(30-5)11-9-17)13-12-24-20(26)22(3,4)23-21(24)27/h6-11,14H,12-13H2,1-5H3,(H,23,27). The largest absolute Gasteiger partial charge is 0.497 e. The van der Waals surface area contributed by atoms with Crippen LogP contribution in [0.5, 0.6) is 5.75 Å². The Labute approximate surface area is 182 Å². The summed E-state index contributed by atoms with van der Waals surface area (Å²) in [7, 11) is -2.43. The second kappa shape index (κ2) is 8.22. The summed E-state index contributed by atoms with van der Waals surface area (Å²) < 4.78 is 33.7. The van der Waals surface area contributed by atoms with Gasteiger partial charge >= 0.3 is 6.03 Å². The van der Waals surface area contributed by atoms with E-state index in [-0.39, 0.29) is 18.0 Å². The topological polar surface area (TPSA) is 96.0 Å². The lowest BCUT2D eigenvalue weighted by Gasteiger charge is -2.27. The molecule has 2 aromatic rings. The highest BCUT2D eigenvalue weighted by atomic mass is 32.2. The van der Waals surface area contributed by atoms with Crippen molar-refractivity contribution in [3.8, 4) is 5.75 Å². The number of aryl methyl sites for hydroxylation is 2. The number of ether oxygens (including phenoxy) is 1. The zero-order valence-corrected chi connectivity index (χ0v) is 19.1. The molecule has 1 saturated heterocycles. The van der Waals surface area contributed by atoms with Crippen molar-refractivity contribution in [2.24, 2.45) is 0 Å². The Hall–Kier alpha value is -3.07. The SMILES string of the molecule is COc1ccc(N(CCN2C(=O)NC(C)(C)C2=O)S(=O)(=O)c2cc(C)ccc2C)cc1. The minimum atomic E-state index is -3.96. The van der Waals surface area contributed by atoms with Crippen LogP contribution in [-0.2, 0) is 14.8 Å². The molecule has 0 saturated carbocycles. The molecule has 3 amide bonds. The van der Waals surface area contributed by atoms with Crippen molar-refractivity contribution in [2.45, 2.75) is 38.1 Å². The maximum absolute atomic E-state index is 13.6. The number of hydrogen-bond acceptors (Lipinski definition) is 5. The van der Waals surface area contributed by atoms with Crippen molar-refractivity contribution in [3.05, 3.63) is 53.6 Å². The molecule has 8 nitrogen and oxygen atoms in total. The lowest BCUT2D eigenvalue weighted by molar-refractivity contribution is -0.130. The van der Waals surface area contributed by atoms with Crippen molar-refractivity contribution < 1.29 is 22.7 Å². The maximum atomic E-state index is 13.6. The van der Waals surface area contributed by atoms with E-state index in [1.807, 2.05) is 13.0 Å². The molecule has 166 valence electrons. The first kappa shape index (κ1) is 22.6. The van der Waals surface area contributed by atoms with Crippen molar-refractivity contribution in [1.82, 2.24) is 10.2 Å². The Balaban J connectivity index is 2.00. The van der Waals surface area contributed by atoms with Gasteiger partial charge in [-0.15, -0.1) is 0 Å². The normalized spacial score (nSPS) is 15.7. The molecule has 9 heteroatoms. The van der Waals surface area contributed by atoms with Gasteiger partial charge in [-0.2, -0.15) is 0 Å². The van der Waals surface area contributed by atoms with Crippen LogP contribution in [0, 0.1) is 13.8 Å². The molecular weight excluding hydrogens is 418 g/mol. The van der Waals surface area contributed by atoms with Crippen molar-refractivity contribution in [2.75, 3.05) is 24.5 Å². The van der Waals surface area contributed by atoms with Gasteiger partial charge in [0.05, 0.1) is 24.2 Å². The highest BCUT2D eigenvalue weighted by Gasteiger charge is 2.44. The molecule has 1 heterocycles. The van der Waals surface area contributed by atoms with E-state index in [0.717, 1.165) is 10.5 Å². The van der Waals surface area contributed by atoms with Gasteiger partial charge in [-0.1, -0.05) is 12.1 Å². The Kier molecular flexibility index (Phi) is 6.00. The van der Waals surface area contributed by atoms with E-state index in [2.05, 4.69) is 5.32 Å². The summed E-state index contributed by atoms with van der Waals surface area (Å²) in [4.78, 5) is 26.0. The summed E-state index contributed by atoms with van der Waals surface area (Å²) in [6.07, 6.45) is 0. The average molecular weight is 446 g/mol. The summed E-state index contributed by atoms with van der Waals surface area (Å²) >= 11 is 0. The van der Waals surface area contributed by atoms with Crippen LogP contribution in [0.15, 0.2) is 47.4 Å². The summed E-state index contributed by atoms with van der Waals surface area (Å²) in [5.41, 5.74) is 0.816. The second-order valence-corrected chi connectivity index (χ2v) is 9.89. The van der Waals surface area contributed by atoms with Crippen LogP contribution in [0.2, 0.25) is 0 Å². The van der Waals surface area contributed by atoms with Crippen LogP contribution in [-0.4, -0.2) is 51.0 Å². The molecule has 3 rings (SSSR count). The molecule has 0 radical (unpaired) electrons. The van der Waals surface area contributed by atoms with E-state index in [9.17, 15) is 18.0 Å². The minimum Gasteiger partial charge on any atom is -0.497 e.